The van der Waals surface area contributed by atoms with Gasteiger partial charge >= 0.3 is 0 Å². The van der Waals surface area contributed by atoms with Crippen molar-refractivity contribution in [1.82, 2.24) is 0 Å². The van der Waals surface area contributed by atoms with Crippen molar-refractivity contribution in [3.63, 3.8) is 0 Å². The second-order valence-electron chi connectivity index (χ2n) is 26.7. The van der Waals surface area contributed by atoms with Crippen LogP contribution in [0.15, 0.2) is 177 Å². The average Bonchev–Trinajstić information content (AvgIpc) is 0.835. The smallest absolute Gasteiger partial charge is 0.166 e. The van der Waals surface area contributed by atoms with Crippen molar-refractivity contribution in [3.8, 4) is 69.0 Å². The number of rotatable bonds is 34. The van der Waals surface area contributed by atoms with Gasteiger partial charge in [0.15, 0.2) is 23.1 Å². The van der Waals surface area contributed by atoms with E-state index in [-0.39, 0.29) is 58.8 Å². The Labute approximate surface area is 639 Å². The summed E-state index contributed by atoms with van der Waals surface area (Å²) in [4.78, 5) is 51.1. The number of aromatic hydroxyl groups is 2. The van der Waals surface area contributed by atoms with E-state index in [0.29, 0.717) is 116 Å². The third-order valence-electron chi connectivity index (χ3n) is 18.2. The molecule has 0 saturated carbocycles. The second-order valence-corrected chi connectivity index (χ2v) is 26.7. The van der Waals surface area contributed by atoms with Crippen molar-refractivity contribution < 1.29 is 76.8 Å². The molecule has 0 fully saturated rings. The minimum atomic E-state index is -0.215. The molecule has 0 aliphatic heterocycles. The molecule has 0 aliphatic rings. The van der Waals surface area contributed by atoms with E-state index in [0.717, 1.165) is 84.7 Å². The van der Waals surface area contributed by atoms with Gasteiger partial charge in [0, 0.05) is 49.4 Å². The maximum Gasteiger partial charge on any atom is 0.166 e. The molecule has 0 atom stereocenters. The Bertz CT molecular complexity index is 4530. The lowest BCUT2D eigenvalue weighted by molar-refractivity contribution is 0.0968. The summed E-state index contributed by atoms with van der Waals surface area (Å²) >= 11 is 0. The van der Waals surface area contributed by atoms with Gasteiger partial charge in [-0.05, 0) is 230 Å². The van der Waals surface area contributed by atoms with Crippen LogP contribution in [0.5, 0.6) is 69.0 Å². The molecule has 0 bridgehead atoms. The largest absolute Gasteiger partial charge is 0.508 e. The van der Waals surface area contributed by atoms with Crippen LogP contribution in [-0.4, -0.2) is 94.3 Å². The normalized spacial score (nSPS) is 10.6. The third kappa shape index (κ3) is 24.7. The van der Waals surface area contributed by atoms with E-state index in [1.165, 1.54) is 28.8 Å². The number of methoxy groups -OCH3 is 5. The zero-order valence-corrected chi connectivity index (χ0v) is 66.0. The van der Waals surface area contributed by atoms with Gasteiger partial charge in [-0.3, -0.25) is 19.2 Å². The van der Waals surface area contributed by atoms with Crippen LogP contribution < -0.4 is 47.4 Å². The van der Waals surface area contributed by atoms with E-state index in [9.17, 15) is 29.4 Å². The Morgan fingerprint density at radius 1 is 0.380 bits per heavy atom. The number of phenols is 2. The fraction of sp³-hybridized carbons (Fsp3) is 0.326. The first-order chi connectivity index (χ1) is 51.7. The molecule has 0 heterocycles. The van der Waals surface area contributed by atoms with E-state index in [2.05, 4.69) is 58.2 Å². The summed E-state index contributed by atoms with van der Waals surface area (Å²) in [5.41, 5.74) is 15.9. The first kappa shape index (κ1) is 85.7. The molecule has 2 N–H and O–H groups in total. The van der Waals surface area contributed by atoms with E-state index in [1.807, 2.05) is 147 Å². The zero-order valence-electron chi connectivity index (χ0n) is 66.0. The van der Waals surface area contributed by atoms with Crippen LogP contribution in [0.4, 0.5) is 0 Å². The lowest BCUT2D eigenvalue weighted by atomic mass is 9.97. The summed E-state index contributed by atoms with van der Waals surface area (Å²) in [6, 6.07) is 46.4. The number of ether oxygens (including phenoxy) is 10. The fourth-order valence-electron chi connectivity index (χ4n) is 12.1. The van der Waals surface area contributed by atoms with E-state index < -0.39 is 0 Å². The standard InChI is InChI=1S/C26H28O3.C24H32O4.C24H28O4.C18H20O5/c1-18-10-14-23(25(16-18)29-17-21-8-6-5-7-9-21)24(27)15-13-22-12-11-19(2)20(3)26(22)28-4;1-15(2)27-20-11-12-21(23(14-20)28-16(3)4)22(25)13-10-19-9-8-17(5)18(6)24(19)26-7;1-6-14-27-20-11-12-21(23(16-20)28-15-7-2)22(25)13-10-19-9-8-17(3)18(4)24(19)26-5;1-11-17(22-2)9-5-12(18(11)23-3)4-8-15(20)14-7-6-13(19)10-16(14)21/h5-12,14,16H,13,15,17H2,1-4H3;8-9,11-12,14-16H,10,13H2,1-7H3;6-9,11-12,16H,1-2,10,13-15H2,3-5H3;5-7,9-10,19,21H,4,8H2,1-3H3. The molecule has 0 spiro atoms. The molecule has 0 unspecified atom stereocenters. The molecule has 9 aromatic carbocycles. The fourth-order valence-corrected chi connectivity index (χ4v) is 12.1. The van der Waals surface area contributed by atoms with Gasteiger partial charge in [0.05, 0.1) is 70.0 Å². The second kappa shape index (κ2) is 42.8. The van der Waals surface area contributed by atoms with Crippen LogP contribution >= 0.6 is 0 Å². The number of carbonyl (C=O) groups is 4. The number of Topliss-reactive ketones (excluding diaryl/α,β-unsaturated/α-hetero) is 4. The van der Waals surface area contributed by atoms with Crippen LogP contribution in [-0.2, 0) is 32.3 Å². The van der Waals surface area contributed by atoms with Gasteiger partial charge in [-0.15, -0.1) is 0 Å². The Kier molecular flexibility index (Phi) is 33.9. The Hall–Kier alpha value is -11.3. The Morgan fingerprint density at radius 3 is 1.22 bits per heavy atom. The molecule has 16 heteroatoms. The van der Waals surface area contributed by atoms with E-state index in [1.54, 1.807) is 72.0 Å². The molecule has 0 aromatic heterocycles. The number of aryl methyl sites for hydroxylation is 8. The summed E-state index contributed by atoms with van der Waals surface area (Å²) in [6.07, 6.45) is 7.05. The molecule has 0 radical (unpaired) electrons. The van der Waals surface area contributed by atoms with Gasteiger partial charge in [-0.2, -0.15) is 0 Å². The van der Waals surface area contributed by atoms with Crippen molar-refractivity contribution in [2.45, 2.75) is 153 Å². The maximum absolute atomic E-state index is 13.0. The van der Waals surface area contributed by atoms with E-state index >= 15 is 0 Å². The zero-order chi connectivity index (χ0) is 79.1. The van der Waals surface area contributed by atoms with Crippen LogP contribution in [0.3, 0.4) is 0 Å². The van der Waals surface area contributed by atoms with Gasteiger partial charge in [0.2, 0.25) is 0 Å². The van der Waals surface area contributed by atoms with Crippen molar-refractivity contribution in [3.05, 3.63) is 272 Å². The highest BCUT2D eigenvalue weighted by atomic mass is 16.5. The Morgan fingerprint density at radius 2 is 0.778 bits per heavy atom. The molecular formula is C92H108O16. The molecule has 16 nitrogen and oxygen atoms in total. The quantitative estimate of drug-likeness (QED) is 0.0285. The number of hydrogen-bond donors (Lipinski definition) is 2. The average molecular weight is 1470 g/mol. The Balaban J connectivity index is 0.000000226. The first-order valence-electron chi connectivity index (χ1n) is 36.3. The molecular weight excluding hydrogens is 1360 g/mol. The van der Waals surface area contributed by atoms with Crippen molar-refractivity contribution in [2.24, 2.45) is 0 Å². The maximum atomic E-state index is 13.0. The van der Waals surface area contributed by atoms with Crippen molar-refractivity contribution in [2.75, 3.05) is 48.8 Å². The highest BCUT2D eigenvalue weighted by molar-refractivity contribution is 6.01. The molecule has 9 aromatic rings. The monoisotopic (exact) mass is 1470 g/mol. The molecule has 0 aliphatic carbocycles. The summed E-state index contributed by atoms with van der Waals surface area (Å²) in [5.74, 6) is 6.73. The minimum absolute atomic E-state index is 0.00890. The van der Waals surface area contributed by atoms with Crippen LogP contribution in [0.1, 0.15) is 167 Å². The van der Waals surface area contributed by atoms with Gasteiger partial charge in [-0.25, -0.2) is 0 Å². The number of ketones is 4. The van der Waals surface area contributed by atoms with Crippen molar-refractivity contribution in [1.29, 1.82) is 0 Å². The summed E-state index contributed by atoms with van der Waals surface area (Å²) < 4.78 is 56.3. The lowest BCUT2D eigenvalue weighted by Crippen LogP contribution is -2.12. The number of phenolic OH excluding ortho intramolecular Hbond substituents is 2. The van der Waals surface area contributed by atoms with Gasteiger partial charge in [0.25, 0.3) is 0 Å². The minimum Gasteiger partial charge on any atom is -0.508 e. The molecule has 108 heavy (non-hydrogen) atoms. The van der Waals surface area contributed by atoms with Crippen LogP contribution in [0, 0.1) is 55.4 Å². The van der Waals surface area contributed by atoms with Crippen LogP contribution in [0.25, 0.3) is 0 Å². The predicted molar refractivity (Wildman–Crippen MR) is 430 cm³/mol. The topological polar surface area (TPSA) is 201 Å². The summed E-state index contributed by atoms with van der Waals surface area (Å²) in [5, 5.41) is 19.0. The third-order valence-corrected chi connectivity index (χ3v) is 18.2. The van der Waals surface area contributed by atoms with Gasteiger partial charge < -0.3 is 57.6 Å². The number of carbonyl (C=O) groups excluding carboxylic acids is 4. The first-order valence-corrected chi connectivity index (χ1v) is 36.3. The lowest BCUT2D eigenvalue weighted by Gasteiger charge is -2.17. The molecule has 9 rings (SSSR count). The van der Waals surface area contributed by atoms with Gasteiger partial charge in [-0.1, -0.05) is 104 Å². The van der Waals surface area contributed by atoms with Crippen molar-refractivity contribution >= 4 is 23.1 Å². The summed E-state index contributed by atoms with van der Waals surface area (Å²) in [7, 11) is 8.20. The SMILES string of the molecule is C=CCOc1ccc(C(=O)CCc2ccc(C)c(C)c2OC)c(OCC=C)c1.COc1c(CCC(=O)c2ccc(C)cc2OCc2ccccc2)ccc(C)c1C.COc1c(CCC(=O)c2ccc(OC(C)C)cc2OC(C)C)ccc(C)c1C.COc1ccc(CCC(=O)c2ccc(O)cc2O)c(OC)c1C. The van der Waals surface area contributed by atoms with Gasteiger partial charge in [0.1, 0.15) is 88.8 Å². The molecule has 0 amide bonds. The number of hydrogen-bond acceptors (Lipinski definition) is 16. The number of benzene rings is 9. The molecule has 572 valence electrons. The van der Waals surface area contributed by atoms with Crippen LogP contribution in [0.2, 0.25) is 0 Å². The van der Waals surface area contributed by atoms with E-state index in [4.69, 9.17) is 47.4 Å². The summed E-state index contributed by atoms with van der Waals surface area (Å²) in [6.45, 7) is 32.5. The molecule has 0 saturated heterocycles. The predicted octanol–water partition coefficient (Wildman–Crippen LogP) is 20.2. The highest BCUT2D eigenvalue weighted by Gasteiger charge is 2.22. The highest BCUT2D eigenvalue weighted by Crippen LogP contribution is 2.36.